The van der Waals surface area contributed by atoms with Gasteiger partial charge in [0.2, 0.25) is 5.91 Å². The highest BCUT2D eigenvalue weighted by Crippen LogP contribution is 2.34. The van der Waals surface area contributed by atoms with Gasteiger partial charge in [-0.2, -0.15) is 0 Å². The summed E-state index contributed by atoms with van der Waals surface area (Å²) in [5, 5.41) is 9.86. The van der Waals surface area contributed by atoms with E-state index in [0.717, 1.165) is 40.2 Å². The van der Waals surface area contributed by atoms with Gasteiger partial charge in [0.05, 0.1) is 17.1 Å². The molecule has 144 valence electrons. The lowest BCUT2D eigenvalue weighted by Gasteiger charge is -2.33. The van der Waals surface area contributed by atoms with Crippen molar-refractivity contribution in [3.8, 4) is 0 Å². The SMILES string of the molecule is C=CCNc1nc2c(C3=CC4C(=O)NCC(CC=C)C4N3)cccc2nc1C. The van der Waals surface area contributed by atoms with Crippen molar-refractivity contribution in [1.29, 1.82) is 0 Å². The van der Waals surface area contributed by atoms with Crippen molar-refractivity contribution in [2.24, 2.45) is 11.8 Å². The summed E-state index contributed by atoms with van der Waals surface area (Å²) in [5.74, 6) is 0.962. The molecule has 3 unspecified atom stereocenters. The number of carbonyl (C=O) groups excluding carboxylic acids is 1. The lowest BCUT2D eigenvalue weighted by atomic mass is 9.84. The average Bonchev–Trinajstić information content (AvgIpc) is 3.14. The number of carbonyl (C=O) groups is 1. The van der Waals surface area contributed by atoms with E-state index in [4.69, 9.17) is 9.97 Å². The number of nitrogens with zero attached hydrogens (tertiary/aromatic N) is 2. The molecule has 1 fully saturated rings. The standard InChI is InChI=1S/C22H25N5O/c1-4-7-14-12-24-22(28)16-11-18(26-19(14)16)15-8-6-9-17-20(15)27-21(13(3)25-17)23-10-5-2/h4-6,8-9,11,14,16,19,26H,1-2,7,10,12H2,3H3,(H,23,27)(H,24,28). The predicted octanol–water partition coefficient (Wildman–Crippen LogP) is 2.79. The summed E-state index contributed by atoms with van der Waals surface area (Å²) < 4.78 is 0. The Balaban J connectivity index is 1.74. The number of allylic oxidation sites excluding steroid dienone is 1. The van der Waals surface area contributed by atoms with Crippen LogP contribution >= 0.6 is 0 Å². The van der Waals surface area contributed by atoms with Crippen LogP contribution in [0.25, 0.3) is 16.7 Å². The summed E-state index contributed by atoms with van der Waals surface area (Å²) in [4.78, 5) is 21.9. The molecule has 2 aromatic rings. The Kier molecular flexibility index (Phi) is 4.86. The third kappa shape index (κ3) is 3.15. The normalized spacial score (nSPS) is 23.4. The molecule has 2 aliphatic rings. The number of fused-ring (bicyclic) bond motifs is 2. The quantitative estimate of drug-likeness (QED) is 0.677. The van der Waals surface area contributed by atoms with Gasteiger partial charge in [-0.25, -0.2) is 9.97 Å². The molecule has 6 nitrogen and oxygen atoms in total. The van der Waals surface area contributed by atoms with Crippen molar-refractivity contribution in [1.82, 2.24) is 20.6 Å². The molecule has 0 spiro atoms. The van der Waals surface area contributed by atoms with Crippen LogP contribution in [0.15, 0.2) is 49.6 Å². The van der Waals surface area contributed by atoms with Crippen LogP contribution in [0.2, 0.25) is 0 Å². The van der Waals surface area contributed by atoms with Gasteiger partial charge in [-0.15, -0.1) is 13.2 Å². The van der Waals surface area contributed by atoms with Crippen molar-refractivity contribution in [2.45, 2.75) is 19.4 Å². The Morgan fingerprint density at radius 1 is 1.29 bits per heavy atom. The number of amides is 1. The minimum atomic E-state index is -0.180. The van der Waals surface area contributed by atoms with Crippen molar-refractivity contribution < 1.29 is 4.79 Å². The highest BCUT2D eigenvalue weighted by atomic mass is 16.2. The van der Waals surface area contributed by atoms with Crippen molar-refractivity contribution in [3.05, 3.63) is 60.8 Å². The van der Waals surface area contributed by atoms with E-state index >= 15 is 0 Å². The fourth-order valence-electron chi connectivity index (χ4n) is 4.06. The zero-order valence-corrected chi connectivity index (χ0v) is 16.0. The highest BCUT2D eigenvalue weighted by molar-refractivity contribution is 5.93. The van der Waals surface area contributed by atoms with E-state index in [1.807, 2.05) is 37.3 Å². The van der Waals surface area contributed by atoms with E-state index in [9.17, 15) is 4.79 Å². The predicted molar refractivity (Wildman–Crippen MR) is 113 cm³/mol. The molecule has 3 heterocycles. The number of benzene rings is 1. The Morgan fingerprint density at radius 3 is 2.93 bits per heavy atom. The van der Waals surface area contributed by atoms with Crippen molar-refractivity contribution in [3.63, 3.8) is 0 Å². The first kappa shape index (κ1) is 18.2. The van der Waals surface area contributed by atoms with Gasteiger partial charge in [0, 0.05) is 36.3 Å². The topological polar surface area (TPSA) is 78.9 Å². The Hall–Kier alpha value is -3.15. The number of rotatable bonds is 6. The molecule has 1 saturated heterocycles. The molecule has 6 heteroatoms. The van der Waals surface area contributed by atoms with E-state index in [1.165, 1.54) is 0 Å². The Bertz CT molecular complexity index is 980. The molecule has 0 aliphatic carbocycles. The van der Waals surface area contributed by atoms with Crippen LogP contribution in [0.1, 0.15) is 17.7 Å². The first-order valence-electron chi connectivity index (χ1n) is 9.62. The zero-order valence-electron chi connectivity index (χ0n) is 16.0. The van der Waals surface area contributed by atoms with E-state index in [0.29, 0.717) is 19.0 Å². The van der Waals surface area contributed by atoms with Gasteiger partial charge in [-0.05, 0) is 25.5 Å². The summed E-state index contributed by atoms with van der Waals surface area (Å²) in [6.45, 7) is 10.8. The van der Waals surface area contributed by atoms with Crippen molar-refractivity contribution in [2.75, 3.05) is 18.4 Å². The molecular weight excluding hydrogens is 350 g/mol. The smallest absolute Gasteiger partial charge is 0.229 e. The number of piperidine rings is 1. The first-order chi connectivity index (χ1) is 13.6. The van der Waals surface area contributed by atoms with Crippen LogP contribution in [0, 0.1) is 18.8 Å². The molecule has 4 rings (SSSR count). The second kappa shape index (κ2) is 7.46. The van der Waals surface area contributed by atoms with E-state index < -0.39 is 0 Å². The third-order valence-electron chi connectivity index (χ3n) is 5.45. The largest absolute Gasteiger partial charge is 0.381 e. The average molecular weight is 375 g/mol. The van der Waals surface area contributed by atoms with Crippen LogP contribution in [-0.2, 0) is 4.79 Å². The fourth-order valence-corrected chi connectivity index (χ4v) is 4.06. The number of aryl methyl sites for hydroxylation is 1. The monoisotopic (exact) mass is 375 g/mol. The maximum Gasteiger partial charge on any atom is 0.229 e. The van der Waals surface area contributed by atoms with E-state index in [-0.39, 0.29) is 17.9 Å². The molecule has 28 heavy (non-hydrogen) atoms. The lowest BCUT2D eigenvalue weighted by molar-refractivity contribution is -0.126. The number of aromatic nitrogens is 2. The molecule has 0 bridgehead atoms. The first-order valence-corrected chi connectivity index (χ1v) is 9.62. The molecule has 0 saturated carbocycles. The van der Waals surface area contributed by atoms with Crippen LogP contribution in [-0.4, -0.2) is 35.0 Å². The molecule has 2 aliphatic heterocycles. The fraction of sp³-hybridized carbons (Fsp3) is 0.318. The number of anilines is 1. The van der Waals surface area contributed by atoms with E-state index in [1.54, 1.807) is 6.08 Å². The summed E-state index contributed by atoms with van der Waals surface area (Å²) in [7, 11) is 0. The number of hydrogen-bond donors (Lipinski definition) is 3. The molecule has 1 aromatic carbocycles. The van der Waals surface area contributed by atoms with Gasteiger partial charge in [0.1, 0.15) is 11.3 Å². The van der Waals surface area contributed by atoms with Crippen LogP contribution in [0.3, 0.4) is 0 Å². The number of hydrogen-bond acceptors (Lipinski definition) is 5. The summed E-state index contributed by atoms with van der Waals surface area (Å²) in [5.41, 5.74) is 4.41. The highest BCUT2D eigenvalue weighted by Gasteiger charge is 2.41. The van der Waals surface area contributed by atoms with Gasteiger partial charge in [0.15, 0.2) is 0 Å². The van der Waals surface area contributed by atoms with Gasteiger partial charge in [0.25, 0.3) is 0 Å². The summed E-state index contributed by atoms with van der Waals surface area (Å²) >= 11 is 0. The maximum absolute atomic E-state index is 12.4. The number of para-hydroxylation sites is 1. The van der Waals surface area contributed by atoms with Gasteiger partial charge in [-0.3, -0.25) is 4.79 Å². The molecule has 3 N–H and O–H groups in total. The molecule has 3 atom stereocenters. The molecular formula is C22H25N5O. The summed E-state index contributed by atoms with van der Waals surface area (Å²) in [6.07, 6.45) is 6.60. The van der Waals surface area contributed by atoms with Crippen molar-refractivity contribution >= 4 is 28.5 Å². The Morgan fingerprint density at radius 2 is 2.14 bits per heavy atom. The molecule has 0 radical (unpaired) electrons. The van der Waals surface area contributed by atoms with Gasteiger partial charge >= 0.3 is 0 Å². The van der Waals surface area contributed by atoms with E-state index in [2.05, 4.69) is 29.1 Å². The van der Waals surface area contributed by atoms with Gasteiger partial charge in [-0.1, -0.05) is 24.3 Å². The van der Waals surface area contributed by atoms with Gasteiger partial charge < -0.3 is 16.0 Å². The van der Waals surface area contributed by atoms with Crippen LogP contribution in [0.4, 0.5) is 5.82 Å². The molecule has 1 aromatic heterocycles. The lowest BCUT2D eigenvalue weighted by Crippen LogP contribution is -2.52. The zero-order chi connectivity index (χ0) is 19.7. The minimum absolute atomic E-state index is 0.0725. The minimum Gasteiger partial charge on any atom is -0.381 e. The second-order valence-electron chi connectivity index (χ2n) is 7.31. The second-order valence-corrected chi connectivity index (χ2v) is 7.31. The molecule has 1 amide bonds. The van der Waals surface area contributed by atoms with Crippen LogP contribution in [0.5, 0.6) is 0 Å². The maximum atomic E-state index is 12.4. The summed E-state index contributed by atoms with van der Waals surface area (Å²) in [6, 6.07) is 6.05. The number of nitrogens with one attached hydrogen (secondary N) is 3. The third-order valence-corrected chi connectivity index (χ3v) is 5.45. The van der Waals surface area contributed by atoms with Crippen LogP contribution < -0.4 is 16.0 Å². The Labute approximate surface area is 164 Å².